The van der Waals surface area contributed by atoms with Crippen molar-refractivity contribution in [3.8, 4) is 0 Å². The van der Waals surface area contributed by atoms with E-state index in [-0.39, 0.29) is 31.3 Å². The van der Waals surface area contributed by atoms with Crippen LogP contribution in [0.3, 0.4) is 0 Å². The number of carbonyl (C=O) groups is 4. The van der Waals surface area contributed by atoms with Crippen LogP contribution in [0.5, 0.6) is 0 Å². The molecular formula is C32H42O9. The predicted molar refractivity (Wildman–Crippen MR) is 154 cm³/mol. The van der Waals surface area contributed by atoms with Gasteiger partial charge in [0.05, 0.1) is 37.1 Å². The summed E-state index contributed by atoms with van der Waals surface area (Å²) in [6.07, 6.45) is 5.10. The molecule has 0 heterocycles. The zero-order valence-electron chi connectivity index (χ0n) is 24.4. The van der Waals surface area contributed by atoms with Gasteiger partial charge in [0.15, 0.2) is 0 Å². The number of benzene rings is 2. The molecule has 0 bridgehead atoms. The molecular weight excluding hydrogens is 528 g/mol. The monoisotopic (exact) mass is 570 g/mol. The van der Waals surface area contributed by atoms with Crippen LogP contribution in [0.25, 0.3) is 0 Å². The lowest BCUT2D eigenvalue weighted by molar-refractivity contribution is -0.140. The summed E-state index contributed by atoms with van der Waals surface area (Å²) in [6.45, 7) is 8.71. The van der Waals surface area contributed by atoms with E-state index >= 15 is 0 Å². The Morgan fingerprint density at radius 2 is 1.10 bits per heavy atom. The molecule has 0 aliphatic rings. The van der Waals surface area contributed by atoms with Crippen LogP contribution in [0.2, 0.25) is 0 Å². The van der Waals surface area contributed by atoms with E-state index in [0.717, 1.165) is 37.8 Å². The van der Waals surface area contributed by atoms with E-state index in [1.54, 1.807) is 62.4 Å². The summed E-state index contributed by atoms with van der Waals surface area (Å²) >= 11 is 0. The Morgan fingerprint density at radius 1 is 0.634 bits per heavy atom. The summed E-state index contributed by atoms with van der Waals surface area (Å²) in [6, 6.07) is 17.6. The normalized spacial score (nSPS) is 11.9. The van der Waals surface area contributed by atoms with Crippen molar-refractivity contribution in [1.29, 1.82) is 0 Å². The Balaban J connectivity index is 0.000000456. The molecule has 0 aromatic heterocycles. The van der Waals surface area contributed by atoms with Crippen LogP contribution >= 0.6 is 0 Å². The molecule has 0 amide bonds. The van der Waals surface area contributed by atoms with Crippen molar-refractivity contribution >= 4 is 23.9 Å². The van der Waals surface area contributed by atoms with E-state index in [1.165, 1.54) is 0 Å². The third-order valence-corrected chi connectivity index (χ3v) is 5.23. The second-order valence-electron chi connectivity index (χ2n) is 9.07. The minimum Gasteiger partial charge on any atom is -0.463 e. The number of hydrogen-bond donors (Lipinski definition) is 0. The van der Waals surface area contributed by atoms with Crippen molar-refractivity contribution in [3.63, 3.8) is 0 Å². The van der Waals surface area contributed by atoms with Crippen molar-refractivity contribution in [3.05, 3.63) is 83.9 Å². The molecule has 224 valence electrons. The fraction of sp³-hybridized carbons (Fsp3) is 0.438. The largest absolute Gasteiger partial charge is 0.463 e. The molecule has 0 saturated heterocycles. The molecule has 0 aliphatic carbocycles. The number of unbranched alkanes of at least 4 members (excludes halogenated alkanes) is 2. The average molecular weight is 571 g/mol. The number of ether oxygens (including phenoxy) is 5. The molecule has 0 saturated carbocycles. The molecule has 0 fully saturated rings. The van der Waals surface area contributed by atoms with Gasteiger partial charge >= 0.3 is 23.9 Å². The smallest absolute Gasteiger partial charge is 0.338 e. The van der Waals surface area contributed by atoms with Crippen LogP contribution in [0, 0.1) is 0 Å². The fourth-order valence-corrected chi connectivity index (χ4v) is 2.92. The van der Waals surface area contributed by atoms with Crippen molar-refractivity contribution in [2.75, 3.05) is 26.4 Å². The second-order valence-corrected chi connectivity index (χ2v) is 9.07. The van der Waals surface area contributed by atoms with E-state index in [0.29, 0.717) is 24.3 Å². The molecule has 2 atom stereocenters. The average Bonchev–Trinajstić information content (AvgIpc) is 2.99. The molecule has 0 aliphatic heterocycles. The molecule has 2 aromatic rings. The van der Waals surface area contributed by atoms with Crippen LogP contribution in [-0.2, 0) is 33.3 Å². The van der Waals surface area contributed by atoms with Gasteiger partial charge in [-0.3, -0.25) is 0 Å². The molecule has 2 unspecified atom stereocenters. The topological polar surface area (TPSA) is 114 Å². The lowest BCUT2D eigenvalue weighted by Gasteiger charge is -2.17. The Morgan fingerprint density at radius 3 is 1.56 bits per heavy atom. The van der Waals surface area contributed by atoms with Gasteiger partial charge in [-0.05, 0) is 51.0 Å². The standard InChI is InChI=1S/C20H22O5.C12H20O4/c1-15(13-24-19(21)17-9-5-3-6-10-17)23-14-16(2)25-20(22)18-11-7-4-8-12-18;1-3-5-9-15-11(13)7-8-12(14)16-10-6-4-2/h3-12,15-16H,13-14H2,1-2H3;7-8H,3-6,9-10H2,1-2H3/b;8-7-. The van der Waals surface area contributed by atoms with E-state index in [4.69, 9.17) is 23.7 Å². The first-order chi connectivity index (χ1) is 19.8. The zero-order valence-corrected chi connectivity index (χ0v) is 24.4. The van der Waals surface area contributed by atoms with E-state index < -0.39 is 18.0 Å². The van der Waals surface area contributed by atoms with Crippen molar-refractivity contribution in [1.82, 2.24) is 0 Å². The molecule has 0 spiro atoms. The summed E-state index contributed by atoms with van der Waals surface area (Å²) in [5.74, 6) is -1.78. The summed E-state index contributed by atoms with van der Waals surface area (Å²) in [5.41, 5.74) is 0.999. The van der Waals surface area contributed by atoms with Gasteiger partial charge in [-0.1, -0.05) is 63.1 Å². The first-order valence-corrected chi connectivity index (χ1v) is 13.9. The molecule has 2 aromatic carbocycles. The Hall–Kier alpha value is -3.98. The maximum absolute atomic E-state index is 11.9. The van der Waals surface area contributed by atoms with Crippen LogP contribution < -0.4 is 0 Å². The quantitative estimate of drug-likeness (QED) is 0.108. The van der Waals surface area contributed by atoms with Gasteiger partial charge in [0.1, 0.15) is 12.7 Å². The van der Waals surface area contributed by atoms with E-state index in [9.17, 15) is 19.2 Å². The highest BCUT2D eigenvalue weighted by Gasteiger charge is 2.15. The Kier molecular flexibility index (Phi) is 18.6. The highest BCUT2D eigenvalue weighted by molar-refractivity contribution is 5.91. The van der Waals surface area contributed by atoms with Crippen LogP contribution in [0.15, 0.2) is 72.8 Å². The molecule has 0 N–H and O–H groups in total. The molecule has 41 heavy (non-hydrogen) atoms. The lowest BCUT2D eigenvalue weighted by atomic mass is 10.2. The minimum atomic E-state index is -0.499. The first-order valence-electron chi connectivity index (χ1n) is 13.9. The van der Waals surface area contributed by atoms with Gasteiger partial charge in [-0.25, -0.2) is 19.2 Å². The Labute approximate surface area is 242 Å². The number of esters is 4. The summed E-state index contributed by atoms with van der Waals surface area (Å²) in [4.78, 5) is 45.8. The summed E-state index contributed by atoms with van der Waals surface area (Å²) in [5, 5.41) is 0. The van der Waals surface area contributed by atoms with E-state index in [2.05, 4.69) is 0 Å². The van der Waals surface area contributed by atoms with Gasteiger partial charge < -0.3 is 23.7 Å². The maximum Gasteiger partial charge on any atom is 0.338 e. The molecule has 0 radical (unpaired) electrons. The zero-order chi connectivity index (χ0) is 30.3. The van der Waals surface area contributed by atoms with Crippen LogP contribution in [0.1, 0.15) is 74.1 Å². The molecule has 2 rings (SSSR count). The van der Waals surface area contributed by atoms with Gasteiger partial charge in [0.25, 0.3) is 0 Å². The van der Waals surface area contributed by atoms with E-state index in [1.807, 2.05) is 26.0 Å². The van der Waals surface area contributed by atoms with Crippen LogP contribution in [-0.4, -0.2) is 62.5 Å². The van der Waals surface area contributed by atoms with Gasteiger partial charge in [-0.2, -0.15) is 0 Å². The van der Waals surface area contributed by atoms with Gasteiger partial charge in [0.2, 0.25) is 0 Å². The number of carbonyl (C=O) groups excluding carboxylic acids is 4. The highest BCUT2D eigenvalue weighted by atomic mass is 16.6. The summed E-state index contributed by atoms with van der Waals surface area (Å²) in [7, 11) is 0. The van der Waals surface area contributed by atoms with Crippen molar-refractivity contribution in [2.24, 2.45) is 0 Å². The SMILES string of the molecule is CC(COC(=O)c1ccccc1)OCC(C)OC(=O)c1ccccc1.CCCCOC(=O)/C=C\C(=O)OCCCC. The number of rotatable bonds is 16. The highest BCUT2D eigenvalue weighted by Crippen LogP contribution is 2.06. The lowest BCUT2D eigenvalue weighted by Crippen LogP contribution is -2.26. The van der Waals surface area contributed by atoms with Crippen molar-refractivity contribution < 1.29 is 42.9 Å². The van der Waals surface area contributed by atoms with Gasteiger partial charge in [0, 0.05) is 12.2 Å². The third-order valence-electron chi connectivity index (χ3n) is 5.23. The van der Waals surface area contributed by atoms with Crippen LogP contribution in [0.4, 0.5) is 0 Å². The Bertz CT molecular complexity index is 1030. The van der Waals surface area contributed by atoms with Gasteiger partial charge in [-0.15, -0.1) is 0 Å². The first kappa shape index (κ1) is 35.0. The third kappa shape index (κ3) is 17.3. The molecule has 9 nitrogen and oxygen atoms in total. The fourth-order valence-electron chi connectivity index (χ4n) is 2.92. The second kappa shape index (κ2) is 21.8. The summed E-state index contributed by atoms with van der Waals surface area (Å²) < 4.78 is 25.7. The van der Waals surface area contributed by atoms with Crippen molar-refractivity contribution in [2.45, 2.75) is 65.6 Å². The maximum atomic E-state index is 11.9. The predicted octanol–water partition coefficient (Wildman–Crippen LogP) is 5.72. The minimum absolute atomic E-state index is 0.132. The molecule has 9 heteroatoms. The number of hydrogen-bond acceptors (Lipinski definition) is 9.